The molecule has 7 heteroatoms. The van der Waals surface area contributed by atoms with Gasteiger partial charge in [0.1, 0.15) is 5.69 Å². The second-order valence-electron chi connectivity index (χ2n) is 8.28. The van der Waals surface area contributed by atoms with E-state index >= 15 is 0 Å². The lowest BCUT2D eigenvalue weighted by atomic mass is 10.1. The van der Waals surface area contributed by atoms with E-state index in [-0.39, 0.29) is 11.8 Å². The average Bonchev–Trinajstić information content (AvgIpc) is 3.18. The molecular formula is C25H25N5O2. The number of nitrogens with zero attached hydrogens (tertiary/aromatic N) is 3. The number of hydrogen-bond donors (Lipinski definition) is 2. The Morgan fingerprint density at radius 1 is 1.03 bits per heavy atom. The number of likely N-dealkylation sites (tertiary alicyclic amines) is 1. The van der Waals surface area contributed by atoms with Crippen molar-refractivity contribution in [1.82, 2.24) is 25.2 Å². The van der Waals surface area contributed by atoms with E-state index in [4.69, 9.17) is 4.98 Å². The summed E-state index contributed by atoms with van der Waals surface area (Å²) in [6.45, 7) is 3.56. The molecule has 1 saturated heterocycles. The molecule has 32 heavy (non-hydrogen) atoms. The molecule has 0 spiro atoms. The van der Waals surface area contributed by atoms with Crippen molar-refractivity contribution >= 4 is 33.8 Å². The summed E-state index contributed by atoms with van der Waals surface area (Å²) in [6.07, 6.45) is 5.06. The third-order valence-corrected chi connectivity index (χ3v) is 6.24. The highest BCUT2D eigenvalue weighted by Crippen LogP contribution is 2.28. The number of fused-ring (bicyclic) bond motifs is 2. The molecule has 0 aliphatic carbocycles. The summed E-state index contributed by atoms with van der Waals surface area (Å²) >= 11 is 0. The summed E-state index contributed by atoms with van der Waals surface area (Å²) < 4.78 is 0. The van der Waals surface area contributed by atoms with Gasteiger partial charge in [0.15, 0.2) is 0 Å². The van der Waals surface area contributed by atoms with Gasteiger partial charge in [0.2, 0.25) is 0 Å². The molecule has 0 bridgehead atoms. The largest absolute Gasteiger partial charge is 0.354 e. The van der Waals surface area contributed by atoms with Crippen molar-refractivity contribution in [2.24, 2.45) is 0 Å². The number of nitrogens with one attached hydrogen (secondary N) is 2. The Kier molecular flexibility index (Phi) is 5.09. The maximum absolute atomic E-state index is 12.9. The zero-order valence-electron chi connectivity index (χ0n) is 18.2. The van der Waals surface area contributed by atoms with E-state index in [1.807, 2.05) is 48.2 Å². The molecule has 0 saturated carbocycles. The van der Waals surface area contributed by atoms with Crippen LogP contribution in [-0.4, -0.2) is 51.8 Å². The lowest BCUT2D eigenvalue weighted by Crippen LogP contribution is -2.35. The fourth-order valence-corrected chi connectivity index (χ4v) is 4.40. The van der Waals surface area contributed by atoms with Crippen molar-refractivity contribution in [3.63, 3.8) is 0 Å². The molecular weight excluding hydrogens is 402 g/mol. The third-order valence-electron chi connectivity index (χ3n) is 6.24. The van der Waals surface area contributed by atoms with Crippen molar-refractivity contribution in [2.45, 2.75) is 26.2 Å². The van der Waals surface area contributed by atoms with Crippen molar-refractivity contribution in [2.75, 3.05) is 20.1 Å². The maximum atomic E-state index is 12.9. The fourth-order valence-electron chi connectivity index (χ4n) is 4.40. The number of aromatic nitrogens is 3. The Balaban J connectivity index is 1.52. The maximum Gasteiger partial charge on any atom is 0.267 e. The number of aromatic amines is 1. The van der Waals surface area contributed by atoms with Gasteiger partial charge in [-0.2, -0.15) is 0 Å². The second-order valence-corrected chi connectivity index (χ2v) is 8.28. The summed E-state index contributed by atoms with van der Waals surface area (Å²) in [7, 11) is 1.62. The van der Waals surface area contributed by atoms with Crippen LogP contribution in [0.5, 0.6) is 0 Å². The molecule has 2 amide bonds. The SMILES string of the molecule is CNC(=O)c1[nH]c2ccc(-c3cnc4ccc(C(=O)N5CCCCC5)cc4n3)cc2c1C. The highest BCUT2D eigenvalue weighted by atomic mass is 16.2. The third kappa shape index (κ3) is 3.49. The molecule has 2 aromatic carbocycles. The standard InChI is InChI=1S/C25H25N5O2/c1-15-18-12-16(6-8-19(18)29-23(15)24(31)26-2)22-14-27-20-9-7-17(13-21(20)28-22)25(32)30-10-4-3-5-11-30/h6-9,12-14,29H,3-5,10-11H2,1-2H3,(H,26,31). The predicted octanol–water partition coefficient (Wildman–Crippen LogP) is 4.07. The number of benzene rings is 2. The van der Waals surface area contributed by atoms with Crippen LogP contribution in [0.4, 0.5) is 0 Å². The molecule has 1 aliphatic rings. The van der Waals surface area contributed by atoms with Gasteiger partial charge >= 0.3 is 0 Å². The van der Waals surface area contributed by atoms with Gasteiger partial charge in [-0.3, -0.25) is 14.6 Å². The fraction of sp³-hybridized carbons (Fsp3) is 0.280. The predicted molar refractivity (Wildman–Crippen MR) is 125 cm³/mol. The Labute approximate surface area is 185 Å². The van der Waals surface area contributed by atoms with Crippen LogP contribution in [0.25, 0.3) is 33.2 Å². The smallest absolute Gasteiger partial charge is 0.267 e. The minimum Gasteiger partial charge on any atom is -0.354 e. The molecule has 3 heterocycles. The van der Waals surface area contributed by atoms with Crippen LogP contribution < -0.4 is 5.32 Å². The molecule has 2 aromatic heterocycles. The lowest BCUT2D eigenvalue weighted by Gasteiger charge is -2.26. The van der Waals surface area contributed by atoms with Crippen LogP contribution in [0.1, 0.15) is 45.7 Å². The molecule has 0 radical (unpaired) electrons. The van der Waals surface area contributed by atoms with Crippen molar-refractivity contribution < 1.29 is 9.59 Å². The van der Waals surface area contributed by atoms with E-state index in [2.05, 4.69) is 15.3 Å². The number of piperidine rings is 1. The highest BCUT2D eigenvalue weighted by molar-refractivity contribution is 6.02. The summed E-state index contributed by atoms with van der Waals surface area (Å²) in [5.74, 6) is -0.0819. The van der Waals surface area contributed by atoms with E-state index in [0.717, 1.165) is 59.2 Å². The summed E-state index contributed by atoms with van der Waals surface area (Å²) in [5, 5.41) is 3.63. The van der Waals surface area contributed by atoms with Gasteiger partial charge in [-0.1, -0.05) is 6.07 Å². The van der Waals surface area contributed by atoms with Gasteiger partial charge < -0.3 is 15.2 Å². The van der Waals surface area contributed by atoms with Crippen LogP contribution in [0, 0.1) is 6.92 Å². The molecule has 7 nitrogen and oxygen atoms in total. The second kappa shape index (κ2) is 8.07. The first-order valence-electron chi connectivity index (χ1n) is 11.0. The van der Waals surface area contributed by atoms with Crippen molar-refractivity contribution in [3.8, 4) is 11.3 Å². The molecule has 162 valence electrons. The summed E-state index contributed by atoms with van der Waals surface area (Å²) in [4.78, 5) is 39.5. The molecule has 1 aliphatic heterocycles. The zero-order chi connectivity index (χ0) is 22.2. The van der Waals surface area contributed by atoms with Crippen LogP contribution in [-0.2, 0) is 0 Å². The van der Waals surface area contributed by atoms with Gasteiger partial charge in [0.25, 0.3) is 11.8 Å². The first kappa shape index (κ1) is 20.2. The van der Waals surface area contributed by atoms with E-state index < -0.39 is 0 Å². The normalized spacial score (nSPS) is 14.1. The van der Waals surface area contributed by atoms with Crippen molar-refractivity contribution in [1.29, 1.82) is 0 Å². The Hall–Kier alpha value is -3.74. The van der Waals surface area contributed by atoms with Crippen LogP contribution >= 0.6 is 0 Å². The number of carbonyl (C=O) groups is 2. The number of amides is 2. The van der Waals surface area contributed by atoms with E-state index in [9.17, 15) is 9.59 Å². The van der Waals surface area contributed by atoms with Gasteiger partial charge in [-0.25, -0.2) is 4.98 Å². The van der Waals surface area contributed by atoms with Gasteiger partial charge in [0.05, 0.1) is 22.9 Å². The Morgan fingerprint density at radius 2 is 1.84 bits per heavy atom. The lowest BCUT2D eigenvalue weighted by molar-refractivity contribution is 0.0724. The van der Waals surface area contributed by atoms with E-state index in [1.165, 1.54) is 6.42 Å². The summed E-state index contributed by atoms with van der Waals surface area (Å²) in [5.41, 5.74) is 6.09. The minimum absolute atomic E-state index is 0.0601. The summed E-state index contributed by atoms with van der Waals surface area (Å²) in [6, 6.07) is 11.5. The topological polar surface area (TPSA) is 91.0 Å². The molecule has 4 aromatic rings. The molecule has 5 rings (SSSR count). The van der Waals surface area contributed by atoms with Crippen LogP contribution in [0.2, 0.25) is 0 Å². The van der Waals surface area contributed by atoms with Gasteiger partial charge in [0, 0.05) is 42.2 Å². The molecule has 0 unspecified atom stereocenters. The van der Waals surface area contributed by atoms with Crippen LogP contribution in [0.15, 0.2) is 42.6 Å². The average molecular weight is 428 g/mol. The van der Waals surface area contributed by atoms with E-state index in [0.29, 0.717) is 16.8 Å². The minimum atomic E-state index is -0.142. The van der Waals surface area contributed by atoms with Crippen molar-refractivity contribution in [3.05, 3.63) is 59.4 Å². The number of aryl methyl sites for hydroxylation is 1. The first-order valence-corrected chi connectivity index (χ1v) is 11.0. The highest BCUT2D eigenvalue weighted by Gasteiger charge is 2.19. The van der Waals surface area contributed by atoms with E-state index in [1.54, 1.807) is 13.2 Å². The zero-order valence-corrected chi connectivity index (χ0v) is 18.2. The number of H-pyrrole nitrogens is 1. The van der Waals surface area contributed by atoms with Crippen LogP contribution in [0.3, 0.4) is 0 Å². The molecule has 2 N–H and O–H groups in total. The number of rotatable bonds is 3. The molecule has 1 fully saturated rings. The van der Waals surface area contributed by atoms with Gasteiger partial charge in [-0.15, -0.1) is 0 Å². The monoisotopic (exact) mass is 427 g/mol. The first-order chi connectivity index (χ1) is 15.5. The molecule has 0 atom stereocenters. The number of carbonyl (C=O) groups excluding carboxylic acids is 2. The quantitative estimate of drug-likeness (QED) is 0.516. The van der Waals surface area contributed by atoms with Gasteiger partial charge in [-0.05, 0) is 62.1 Å². The number of hydrogen-bond acceptors (Lipinski definition) is 4. The Morgan fingerprint density at radius 3 is 2.62 bits per heavy atom. The Bertz CT molecular complexity index is 1350.